The molecule has 0 spiro atoms. The molecule has 7 heteroatoms. The Kier molecular flexibility index (Phi) is 6.04. The molecule has 1 N–H and O–H groups in total. The fourth-order valence-corrected chi connectivity index (χ4v) is 3.17. The van der Waals surface area contributed by atoms with Crippen molar-refractivity contribution in [2.24, 2.45) is 0 Å². The number of hydrogen-bond donors (Lipinski definition) is 1. The molecule has 1 aliphatic rings. The molecule has 1 saturated heterocycles. The van der Waals surface area contributed by atoms with Crippen LogP contribution in [0.1, 0.15) is 26.2 Å². The highest BCUT2D eigenvalue weighted by Gasteiger charge is 2.36. The average molecular weight is 278 g/mol. The number of carbonyl (C=O) groups excluding carboxylic acids is 1. The third kappa shape index (κ3) is 4.55. The van der Waals surface area contributed by atoms with Crippen LogP contribution in [0.5, 0.6) is 0 Å². The summed E-state index contributed by atoms with van der Waals surface area (Å²) in [6.45, 7) is 4.15. The summed E-state index contributed by atoms with van der Waals surface area (Å²) in [6.07, 6.45) is 3.23. The first-order valence-electron chi connectivity index (χ1n) is 6.29. The topological polar surface area (TPSA) is 75.7 Å². The van der Waals surface area contributed by atoms with Gasteiger partial charge in [0.05, 0.1) is 6.26 Å². The maximum atomic E-state index is 11.9. The smallest absolute Gasteiger partial charge is 0.238 e. The maximum absolute atomic E-state index is 11.9. The predicted octanol–water partition coefficient (Wildman–Crippen LogP) is -0.0468. The number of carbonyl (C=O) groups is 1. The van der Waals surface area contributed by atoms with E-state index >= 15 is 0 Å². The van der Waals surface area contributed by atoms with Crippen molar-refractivity contribution in [1.29, 1.82) is 0 Å². The monoisotopic (exact) mass is 278 g/mol. The average Bonchev–Trinajstić information content (AvgIpc) is 2.77. The Morgan fingerprint density at radius 1 is 1.50 bits per heavy atom. The van der Waals surface area contributed by atoms with Gasteiger partial charge in [0.25, 0.3) is 0 Å². The Morgan fingerprint density at radius 3 is 2.83 bits per heavy atom. The van der Waals surface area contributed by atoms with Crippen molar-refractivity contribution >= 4 is 15.9 Å². The number of rotatable bonds is 7. The number of sulfonamides is 1. The second kappa shape index (κ2) is 7.06. The van der Waals surface area contributed by atoms with Gasteiger partial charge >= 0.3 is 0 Å². The number of amides is 1. The van der Waals surface area contributed by atoms with E-state index in [2.05, 4.69) is 5.32 Å². The van der Waals surface area contributed by atoms with Gasteiger partial charge in [-0.15, -0.1) is 0 Å². The van der Waals surface area contributed by atoms with Crippen LogP contribution < -0.4 is 5.32 Å². The van der Waals surface area contributed by atoms with Crippen molar-refractivity contribution in [2.45, 2.75) is 32.2 Å². The van der Waals surface area contributed by atoms with Crippen LogP contribution >= 0.6 is 0 Å². The molecule has 0 aromatic carbocycles. The number of hydrogen-bond acceptors (Lipinski definition) is 4. The van der Waals surface area contributed by atoms with Crippen molar-refractivity contribution in [2.75, 3.05) is 32.6 Å². The van der Waals surface area contributed by atoms with Gasteiger partial charge in [-0.2, -0.15) is 4.31 Å². The first-order chi connectivity index (χ1) is 8.46. The van der Waals surface area contributed by atoms with Gasteiger partial charge in [-0.3, -0.25) is 4.79 Å². The second-order valence-corrected chi connectivity index (χ2v) is 6.31. The van der Waals surface area contributed by atoms with E-state index in [1.807, 2.05) is 6.92 Å². The van der Waals surface area contributed by atoms with Gasteiger partial charge in [-0.25, -0.2) is 8.42 Å². The van der Waals surface area contributed by atoms with E-state index in [1.54, 1.807) is 0 Å². The number of ether oxygens (including phenoxy) is 1. The van der Waals surface area contributed by atoms with E-state index < -0.39 is 16.1 Å². The summed E-state index contributed by atoms with van der Waals surface area (Å²) in [5.74, 6) is -0.200. The minimum absolute atomic E-state index is 0.200. The van der Waals surface area contributed by atoms with Crippen LogP contribution in [0, 0.1) is 0 Å². The summed E-state index contributed by atoms with van der Waals surface area (Å²) in [6, 6.07) is -0.535. The fraction of sp³-hybridized carbons (Fsp3) is 0.909. The molecule has 0 aliphatic carbocycles. The van der Waals surface area contributed by atoms with E-state index in [0.29, 0.717) is 32.7 Å². The first-order valence-corrected chi connectivity index (χ1v) is 8.14. The molecule has 0 aromatic rings. The molecule has 18 heavy (non-hydrogen) atoms. The zero-order valence-electron chi connectivity index (χ0n) is 11.0. The molecule has 0 aromatic heterocycles. The van der Waals surface area contributed by atoms with Crippen LogP contribution in [0.15, 0.2) is 0 Å². The van der Waals surface area contributed by atoms with Crippen LogP contribution in [0.25, 0.3) is 0 Å². The van der Waals surface area contributed by atoms with E-state index in [9.17, 15) is 13.2 Å². The highest BCUT2D eigenvalue weighted by Crippen LogP contribution is 2.20. The van der Waals surface area contributed by atoms with E-state index in [0.717, 1.165) is 19.1 Å². The summed E-state index contributed by atoms with van der Waals surface area (Å²) in [7, 11) is -3.29. The van der Waals surface area contributed by atoms with Gasteiger partial charge in [-0.05, 0) is 26.2 Å². The van der Waals surface area contributed by atoms with Crippen molar-refractivity contribution in [3.63, 3.8) is 0 Å². The Labute approximate surface area is 109 Å². The lowest BCUT2D eigenvalue weighted by atomic mass is 10.2. The molecule has 1 amide bonds. The zero-order valence-corrected chi connectivity index (χ0v) is 11.8. The van der Waals surface area contributed by atoms with E-state index in [-0.39, 0.29) is 5.91 Å². The first kappa shape index (κ1) is 15.4. The van der Waals surface area contributed by atoms with Crippen LogP contribution in [-0.4, -0.2) is 57.2 Å². The maximum Gasteiger partial charge on any atom is 0.238 e. The summed E-state index contributed by atoms with van der Waals surface area (Å²) in [5, 5.41) is 2.76. The molecule has 6 nitrogen and oxygen atoms in total. The second-order valence-electron chi connectivity index (χ2n) is 4.37. The molecule has 0 bridgehead atoms. The lowest BCUT2D eigenvalue weighted by Crippen LogP contribution is -2.45. The van der Waals surface area contributed by atoms with Crippen LogP contribution in [-0.2, 0) is 19.6 Å². The third-order valence-electron chi connectivity index (χ3n) is 2.90. The highest BCUT2D eigenvalue weighted by molar-refractivity contribution is 7.88. The minimum atomic E-state index is -3.29. The summed E-state index contributed by atoms with van der Waals surface area (Å²) < 4.78 is 29.4. The molecule has 1 rings (SSSR count). The number of nitrogens with zero attached hydrogens (tertiary/aromatic N) is 1. The van der Waals surface area contributed by atoms with E-state index in [1.165, 1.54) is 4.31 Å². The molecule has 1 fully saturated rings. The molecule has 1 aliphatic heterocycles. The molecule has 1 atom stereocenters. The standard InChI is InChI=1S/C11H22N2O4S/c1-3-17-9-5-7-12-11(14)10-6-4-8-13(10)18(2,15)16/h10H,3-9H2,1-2H3,(H,12,14). The van der Waals surface area contributed by atoms with Crippen LogP contribution in [0.2, 0.25) is 0 Å². The third-order valence-corrected chi connectivity index (χ3v) is 4.19. The molecule has 1 heterocycles. The zero-order chi connectivity index (χ0) is 13.6. The van der Waals surface area contributed by atoms with Crippen LogP contribution in [0.3, 0.4) is 0 Å². The van der Waals surface area contributed by atoms with Crippen LogP contribution in [0.4, 0.5) is 0 Å². The van der Waals surface area contributed by atoms with Gasteiger partial charge < -0.3 is 10.1 Å². The number of nitrogens with one attached hydrogen (secondary N) is 1. The Morgan fingerprint density at radius 2 is 2.22 bits per heavy atom. The predicted molar refractivity (Wildman–Crippen MR) is 68.7 cm³/mol. The SMILES string of the molecule is CCOCCCNC(=O)C1CCCN1S(C)(=O)=O. The largest absolute Gasteiger partial charge is 0.382 e. The molecular weight excluding hydrogens is 256 g/mol. The van der Waals surface area contributed by atoms with Crippen molar-refractivity contribution in [3.8, 4) is 0 Å². The lowest BCUT2D eigenvalue weighted by Gasteiger charge is -2.21. The van der Waals surface area contributed by atoms with Crippen molar-refractivity contribution in [3.05, 3.63) is 0 Å². The molecular formula is C11H22N2O4S. The van der Waals surface area contributed by atoms with E-state index in [4.69, 9.17) is 4.74 Å². The van der Waals surface area contributed by atoms with Gasteiger partial charge in [-0.1, -0.05) is 0 Å². The van der Waals surface area contributed by atoms with Gasteiger partial charge in [0.15, 0.2) is 0 Å². The summed E-state index contributed by atoms with van der Waals surface area (Å²) >= 11 is 0. The van der Waals surface area contributed by atoms with Gasteiger partial charge in [0.2, 0.25) is 15.9 Å². The van der Waals surface area contributed by atoms with Crippen molar-refractivity contribution < 1.29 is 17.9 Å². The molecule has 106 valence electrons. The van der Waals surface area contributed by atoms with Gasteiger partial charge in [0.1, 0.15) is 6.04 Å². The fourth-order valence-electron chi connectivity index (χ4n) is 2.05. The van der Waals surface area contributed by atoms with Gasteiger partial charge in [0, 0.05) is 26.3 Å². The Hall–Kier alpha value is -0.660. The van der Waals surface area contributed by atoms with Crippen molar-refractivity contribution in [1.82, 2.24) is 9.62 Å². The summed E-state index contributed by atoms with van der Waals surface area (Å²) in [5.41, 5.74) is 0. The Balaban J connectivity index is 2.37. The molecule has 0 radical (unpaired) electrons. The normalized spacial score (nSPS) is 21.1. The quantitative estimate of drug-likeness (QED) is 0.663. The highest BCUT2D eigenvalue weighted by atomic mass is 32.2. The Bertz CT molecular complexity index is 369. The minimum Gasteiger partial charge on any atom is -0.382 e. The molecule has 0 saturated carbocycles. The lowest BCUT2D eigenvalue weighted by molar-refractivity contribution is -0.124. The summed E-state index contributed by atoms with van der Waals surface area (Å²) in [4.78, 5) is 11.9. The molecule has 1 unspecified atom stereocenters.